The van der Waals surface area contributed by atoms with Gasteiger partial charge in [0.05, 0.1) is 119 Å². The predicted molar refractivity (Wildman–Crippen MR) is 461 cm³/mol. The molecule has 4 fully saturated rings. The summed E-state index contributed by atoms with van der Waals surface area (Å²) in [6.07, 6.45) is 17.4. The van der Waals surface area contributed by atoms with Crippen molar-refractivity contribution in [2.24, 2.45) is 20.0 Å². The number of rotatable bonds is 14. The third-order valence-electron chi connectivity index (χ3n) is 23.6. The summed E-state index contributed by atoms with van der Waals surface area (Å²) >= 11 is 0. The van der Waals surface area contributed by atoms with Crippen LogP contribution in [0.4, 0.5) is 76.0 Å². The number of nitrogens with zero attached hydrogens (tertiary/aromatic N) is 29. The van der Waals surface area contributed by atoms with Gasteiger partial charge < -0.3 is 39.5 Å². The van der Waals surface area contributed by atoms with Gasteiger partial charge in [-0.3, -0.25) is 42.5 Å². The molecule has 33 nitrogen and oxygen atoms in total. The molecule has 0 bridgehead atoms. The molecule has 0 aromatic carbocycles. The number of piperazine rings is 2. The molecule has 0 spiro atoms. The van der Waals surface area contributed by atoms with E-state index in [2.05, 4.69) is 173 Å². The first-order chi connectivity index (χ1) is 62.7. The fourth-order valence-corrected chi connectivity index (χ4v) is 17.3. The summed E-state index contributed by atoms with van der Waals surface area (Å²) in [7, 11) is 0. The lowest BCUT2D eigenvalue weighted by Gasteiger charge is -2.50. The highest BCUT2D eigenvalue weighted by molar-refractivity contribution is 5.85. The maximum Gasteiger partial charge on any atom is 0.434 e. The van der Waals surface area contributed by atoms with Crippen molar-refractivity contribution in [2.45, 2.75) is 153 Å². The number of aromatic nitrogens is 20. The predicted octanol–water partition coefficient (Wildman–Crippen LogP) is 11.6. The van der Waals surface area contributed by atoms with E-state index in [-0.39, 0.29) is 114 Å². The van der Waals surface area contributed by atoms with E-state index in [4.69, 9.17) is 19.4 Å². The number of ether oxygens (including phenoxy) is 2. The van der Waals surface area contributed by atoms with Crippen LogP contribution in [-0.4, -0.2) is 270 Å². The molecule has 4 saturated heterocycles. The molecule has 20 rings (SSSR count). The lowest BCUT2D eigenvalue weighted by molar-refractivity contribution is -0.142. The molecule has 12 unspecified atom stereocenters. The number of alkyl halides is 12. The minimum Gasteiger partial charge on any atom is -0.395 e. The van der Waals surface area contributed by atoms with E-state index < -0.39 is 47.5 Å². The molecule has 12 aromatic rings. The number of imidazole rings is 4. The Kier molecular flexibility index (Phi) is 25.0. The highest BCUT2D eigenvalue weighted by Crippen LogP contribution is 2.39. The van der Waals surface area contributed by atoms with Crippen LogP contribution in [0, 0.1) is 0 Å². The number of morpholine rings is 2. The number of hydrogen-bond donors (Lipinski definition) is 2. The Morgan fingerprint density at radius 1 is 0.366 bits per heavy atom. The molecule has 45 heteroatoms. The van der Waals surface area contributed by atoms with Crippen molar-refractivity contribution in [3.63, 3.8) is 0 Å². The highest BCUT2D eigenvalue weighted by Gasteiger charge is 2.44. The maximum absolute atomic E-state index is 13.2. The molecular formula is C86H86F12N30O3. The first-order valence-corrected chi connectivity index (χ1v) is 42.0. The van der Waals surface area contributed by atoms with Crippen LogP contribution >= 0.6 is 0 Å². The Labute approximate surface area is 739 Å². The minimum absolute atomic E-state index is 0.000448. The van der Waals surface area contributed by atoms with Gasteiger partial charge in [0.1, 0.15) is 58.3 Å². The van der Waals surface area contributed by atoms with Gasteiger partial charge in [-0.2, -0.15) is 52.7 Å². The van der Waals surface area contributed by atoms with Crippen LogP contribution in [0.15, 0.2) is 190 Å². The standard InChI is InChI=1S/C23H25F3N8O.C21H21F3N8.2C21H20F3N7O/c1-14-12-33(15(2)21(32(14)7-8-35)16-3-5-27-9-16)19-4-6-28-22(31-19)17-10-30-20-11-29-18(13-34(17)20)23(24,25)26;1-12-10-31(13(2)19(29-12)14-3-5-25-7-14)17-4-6-26-20(30-17)15-8-28-18-9-27-16(11-32(15)18)21(22,23)24;2*1-12-10-30(13(2)19(32-12)14-3-5-25-7-14)17-4-6-26-20(29-17)15-8-28-18-9-27-16(11-31(15)18)21(22,23)24/h3-4,6,9-11,13-15,21,35H,5,7-8,12H2,1-2H3;3-4,6-9,11-13,19,29H,5,10H2,1-2H3;2*3-4,6-9,11-13,19H,5,10H2,1-2H3. The highest BCUT2D eigenvalue weighted by atomic mass is 19.4. The fourth-order valence-electron chi connectivity index (χ4n) is 17.3. The summed E-state index contributed by atoms with van der Waals surface area (Å²) in [5.74, 6) is 3.82. The molecule has 12 aromatic heterocycles. The Hall–Kier alpha value is -13.4. The lowest BCUT2D eigenvalue weighted by atomic mass is 9.92. The molecule has 8 aliphatic heterocycles. The van der Waals surface area contributed by atoms with E-state index in [9.17, 15) is 57.8 Å². The average Bonchev–Trinajstić information content (AvgIpc) is 1.13. The fraction of sp³-hybridized carbons (Fsp3) is 0.395. The van der Waals surface area contributed by atoms with E-state index in [0.29, 0.717) is 110 Å². The number of anilines is 4. The second kappa shape index (κ2) is 36.5. The van der Waals surface area contributed by atoms with Crippen LogP contribution in [0.25, 0.3) is 68.7 Å². The van der Waals surface area contributed by atoms with Gasteiger partial charge in [0, 0.05) is 131 Å². The van der Waals surface area contributed by atoms with Gasteiger partial charge in [0.15, 0.2) is 68.7 Å². The van der Waals surface area contributed by atoms with E-state index in [0.717, 1.165) is 78.4 Å². The van der Waals surface area contributed by atoms with Crippen molar-refractivity contribution in [1.29, 1.82) is 0 Å². The summed E-state index contributed by atoms with van der Waals surface area (Å²) < 4.78 is 176. The number of aliphatic hydroxyl groups is 1. The normalized spacial score (nSPS) is 23.6. The molecule has 131 heavy (non-hydrogen) atoms. The molecular weight excluding hydrogens is 1730 g/mol. The average molecular weight is 1820 g/mol. The summed E-state index contributed by atoms with van der Waals surface area (Å²) in [5.41, 5.74) is 2.84. The number of hydrogen-bond acceptors (Lipinski definition) is 29. The van der Waals surface area contributed by atoms with E-state index in [1.54, 1.807) is 43.0 Å². The molecule has 2 N–H and O–H groups in total. The molecule has 20 heterocycles. The summed E-state index contributed by atoms with van der Waals surface area (Å²) in [5, 5.41) is 13.3. The van der Waals surface area contributed by atoms with Gasteiger partial charge in [-0.1, -0.05) is 24.3 Å². The summed E-state index contributed by atoms with van der Waals surface area (Å²) in [6.45, 7) is 22.4. The summed E-state index contributed by atoms with van der Waals surface area (Å²) in [4.78, 5) is 94.5. The molecule has 8 aliphatic rings. The molecule has 682 valence electrons. The minimum atomic E-state index is -4.58. The molecule has 0 aliphatic carbocycles. The van der Waals surface area contributed by atoms with Gasteiger partial charge in [0.2, 0.25) is 0 Å². The van der Waals surface area contributed by atoms with Crippen molar-refractivity contribution in [3.8, 4) is 46.1 Å². The number of aliphatic hydroxyl groups excluding tert-OH is 1. The van der Waals surface area contributed by atoms with Crippen LogP contribution in [0.5, 0.6) is 0 Å². The van der Waals surface area contributed by atoms with E-state index >= 15 is 0 Å². The number of aliphatic imine (C=N–C) groups is 4. The SMILES string of the molecule is CC1C(C2=CCN=C2)N(CCO)C(C)CN1c1ccnc(-c2cnc3cnc(C(F)(F)F)cn23)n1.CC1CN(c2ccnc(-c3cnc4cnc(C(F)(F)F)cn34)n2)C(C)C(C2=CCN=C2)N1.CC1CN(c2ccnc(-c3cnc4cnc(C(F)(F)F)cn34)n2)C(C)C(C2=CCN=C2)O1.CC1CN(c2ccnc(-c3cnc4cnc(C(F)(F)F)cn34)n2)C(C)C(C2=CCN=C2)O1. The van der Waals surface area contributed by atoms with E-state index in [1.165, 1.54) is 42.4 Å². The van der Waals surface area contributed by atoms with Crippen molar-refractivity contribution < 1.29 is 67.3 Å². The van der Waals surface area contributed by atoms with Crippen LogP contribution < -0.4 is 24.9 Å². The zero-order valence-electron chi connectivity index (χ0n) is 71.4. The van der Waals surface area contributed by atoms with Crippen LogP contribution in [0.3, 0.4) is 0 Å². The van der Waals surface area contributed by atoms with Gasteiger partial charge in [0.25, 0.3) is 0 Å². The Balaban J connectivity index is 0.000000122. The number of nitrogens with one attached hydrogen (secondary N) is 1. The monoisotopic (exact) mass is 1810 g/mol. The second-order valence-corrected chi connectivity index (χ2v) is 32.4. The van der Waals surface area contributed by atoms with Gasteiger partial charge in [-0.15, -0.1) is 0 Å². The Morgan fingerprint density at radius 2 is 0.679 bits per heavy atom. The quantitative estimate of drug-likeness (QED) is 0.0955. The number of halogens is 12. The van der Waals surface area contributed by atoms with Crippen LogP contribution in [-0.2, 0) is 34.2 Å². The largest absolute Gasteiger partial charge is 0.434 e. The van der Waals surface area contributed by atoms with Crippen molar-refractivity contribution in [3.05, 3.63) is 193 Å². The van der Waals surface area contributed by atoms with Gasteiger partial charge in [-0.25, -0.2) is 79.7 Å². The first kappa shape index (κ1) is 89.6. The molecule has 0 radical (unpaired) electrons. The number of fused-ring (bicyclic) bond motifs is 4. The zero-order valence-corrected chi connectivity index (χ0v) is 71.4. The zero-order chi connectivity index (χ0) is 92.1. The first-order valence-electron chi connectivity index (χ1n) is 42.0. The smallest absolute Gasteiger partial charge is 0.395 e. The van der Waals surface area contributed by atoms with Gasteiger partial charge >= 0.3 is 24.7 Å². The van der Waals surface area contributed by atoms with Crippen LogP contribution in [0.1, 0.15) is 78.2 Å². The topological polar surface area (TPSA) is 340 Å². The molecule has 0 amide bonds. The van der Waals surface area contributed by atoms with E-state index in [1.807, 2.05) is 56.9 Å². The Bertz CT molecular complexity index is 6020. The van der Waals surface area contributed by atoms with Crippen molar-refractivity contribution >= 4 is 70.7 Å². The maximum atomic E-state index is 13.2. The number of β-amino-alcohol motifs (C(OH)–C–C–N with tert-alkyl or cyclic N) is 1. The van der Waals surface area contributed by atoms with Crippen molar-refractivity contribution in [1.82, 2.24) is 108 Å². The van der Waals surface area contributed by atoms with Gasteiger partial charge in [-0.05, 0) is 102 Å². The molecule has 0 saturated carbocycles. The molecule has 12 atom stereocenters. The van der Waals surface area contributed by atoms with Crippen molar-refractivity contribution in [2.75, 3.05) is 85.1 Å². The lowest BCUT2D eigenvalue weighted by Crippen LogP contribution is -2.63. The van der Waals surface area contributed by atoms with Crippen LogP contribution in [0.2, 0.25) is 0 Å². The summed E-state index contributed by atoms with van der Waals surface area (Å²) in [6, 6.07) is 7.68. The Morgan fingerprint density at radius 3 is 0.992 bits per heavy atom. The second-order valence-electron chi connectivity index (χ2n) is 32.4. The third-order valence-corrected chi connectivity index (χ3v) is 23.6. The third kappa shape index (κ3) is 18.8.